The van der Waals surface area contributed by atoms with Gasteiger partial charge < -0.3 is 19.9 Å². The van der Waals surface area contributed by atoms with E-state index in [-0.39, 0.29) is 11.5 Å². The van der Waals surface area contributed by atoms with E-state index in [1.54, 1.807) is 7.11 Å². The topological polar surface area (TPSA) is 50.7 Å². The summed E-state index contributed by atoms with van der Waals surface area (Å²) in [7, 11) is 1.67. The number of methoxy groups -OCH3 is 1. The van der Waals surface area contributed by atoms with Crippen LogP contribution >= 0.6 is 15.9 Å². The van der Waals surface area contributed by atoms with E-state index in [2.05, 4.69) is 27.3 Å². The first-order chi connectivity index (χ1) is 10.2. The Kier molecular flexibility index (Phi) is 3.07. The average molecular weight is 352 g/mol. The van der Waals surface area contributed by atoms with Gasteiger partial charge in [0, 0.05) is 23.0 Å². The minimum atomic E-state index is -0.427. The number of nitrogens with one attached hydrogen (secondary N) is 1. The fourth-order valence-electron chi connectivity index (χ4n) is 3.90. The van der Waals surface area contributed by atoms with Crippen molar-refractivity contribution in [2.24, 2.45) is 0 Å². The molecule has 4 nitrogen and oxygen atoms in total. The molecule has 2 N–H and O–H groups in total. The number of halogens is 1. The quantitative estimate of drug-likeness (QED) is 0.762. The van der Waals surface area contributed by atoms with Gasteiger partial charge in [-0.2, -0.15) is 0 Å². The van der Waals surface area contributed by atoms with Gasteiger partial charge in [0.2, 0.25) is 0 Å². The third kappa shape index (κ3) is 1.81. The maximum Gasteiger partial charge on any atom is 0.166 e. The second kappa shape index (κ2) is 4.73. The number of hydrogen-bond donors (Lipinski definition) is 2. The van der Waals surface area contributed by atoms with Gasteiger partial charge >= 0.3 is 0 Å². The van der Waals surface area contributed by atoms with E-state index >= 15 is 0 Å². The SMILES string of the molecule is COc1cc(Br)c2c3c1O[C@@H]1C[C@@H](O)C=CC31CCNC2. The zero-order valence-corrected chi connectivity index (χ0v) is 13.4. The summed E-state index contributed by atoms with van der Waals surface area (Å²) >= 11 is 3.67. The van der Waals surface area contributed by atoms with Crippen molar-refractivity contribution in [3.8, 4) is 11.5 Å². The first-order valence-electron chi connectivity index (χ1n) is 7.30. The molecule has 3 atom stereocenters. The second-order valence-corrected chi connectivity index (χ2v) is 6.83. The van der Waals surface area contributed by atoms with Crippen LogP contribution in [0.25, 0.3) is 0 Å². The van der Waals surface area contributed by atoms with E-state index in [0.29, 0.717) is 6.42 Å². The van der Waals surface area contributed by atoms with Crippen LogP contribution in [0.4, 0.5) is 0 Å². The Morgan fingerprint density at radius 3 is 3.19 bits per heavy atom. The van der Waals surface area contributed by atoms with Crippen molar-refractivity contribution in [2.75, 3.05) is 13.7 Å². The first-order valence-corrected chi connectivity index (χ1v) is 8.09. The van der Waals surface area contributed by atoms with Crippen molar-refractivity contribution in [3.05, 3.63) is 33.8 Å². The highest BCUT2D eigenvalue weighted by Gasteiger charge is 2.52. The molecule has 1 unspecified atom stereocenters. The average Bonchev–Trinajstić information content (AvgIpc) is 2.67. The van der Waals surface area contributed by atoms with E-state index < -0.39 is 6.10 Å². The van der Waals surface area contributed by atoms with Gasteiger partial charge in [-0.05, 0) is 24.6 Å². The Morgan fingerprint density at radius 1 is 1.52 bits per heavy atom. The number of rotatable bonds is 1. The Balaban J connectivity index is 2.00. The van der Waals surface area contributed by atoms with E-state index in [0.717, 1.165) is 35.5 Å². The Hall–Kier alpha value is -1.04. The molecule has 0 saturated heterocycles. The van der Waals surface area contributed by atoms with Crippen molar-refractivity contribution >= 4 is 15.9 Å². The van der Waals surface area contributed by atoms with Crippen molar-refractivity contribution < 1.29 is 14.6 Å². The molecule has 2 aliphatic heterocycles. The van der Waals surface area contributed by atoms with Crippen LogP contribution in [0.15, 0.2) is 22.7 Å². The lowest BCUT2D eigenvalue weighted by Gasteiger charge is -2.35. The summed E-state index contributed by atoms with van der Waals surface area (Å²) < 4.78 is 12.8. The molecule has 1 aromatic carbocycles. The van der Waals surface area contributed by atoms with Gasteiger partial charge in [0.05, 0.1) is 18.6 Å². The molecule has 0 fully saturated rings. The maximum absolute atomic E-state index is 9.96. The number of ether oxygens (including phenoxy) is 2. The molecule has 1 aromatic rings. The molecular weight excluding hydrogens is 334 g/mol. The standard InChI is InChI=1S/C16H18BrNO3/c1-20-12-7-11(17)10-8-18-5-4-16-3-2-9(19)6-13(16)21-15(12)14(10)16/h2-3,7,9,13,18-19H,4-6,8H2,1H3/t9-,13+,16?/m0/s1. The summed E-state index contributed by atoms with van der Waals surface area (Å²) in [6, 6.07) is 1.98. The summed E-state index contributed by atoms with van der Waals surface area (Å²) in [5.74, 6) is 1.61. The third-order valence-corrected chi connectivity index (χ3v) is 5.61. The number of aliphatic hydroxyl groups is 1. The smallest absolute Gasteiger partial charge is 0.166 e. The lowest BCUT2D eigenvalue weighted by Crippen LogP contribution is -2.42. The van der Waals surface area contributed by atoms with Crippen LogP contribution in [0.3, 0.4) is 0 Å². The summed E-state index contributed by atoms with van der Waals surface area (Å²) in [4.78, 5) is 0. The molecule has 3 aliphatic rings. The van der Waals surface area contributed by atoms with Crippen LogP contribution < -0.4 is 14.8 Å². The van der Waals surface area contributed by atoms with Gasteiger partial charge in [-0.3, -0.25) is 0 Å². The van der Waals surface area contributed by atoms with Gasteiger partial charge in [0.1, 0.15) is 6.10 Å². The summed E-state index contributed by atoms with van der Waals surface area (Å²) in [5.41, 5.74) is 2.32. The highest BCUT2D eigenvalue weighted by molar-refractivity contribution is 9.10. The minimum Gasteiger partial charge on any atom is -0.493 e. The molecule has 1 spiro atoms. The van der Waals surface area contributed by atoms with Crippen LogP contribution in [-0.4, -0.2) is 31.0 Å². The van der Waals surface area contributed by atoms with Crippen LogP contribution in [0.1, 0.15) is 24.0 Å². The third-order valence-electron chi connectivity index (χ3n) is 4.91. The Bertz CT molecular complexity index is 630. The van der Waals surface area contributed by atoms with Crippen molar-refractivity contribution in [2.45, 2.75) is 37.0 Å². The Morgan fingerprint density at radius 2 is 2.38 bits per heavy atom. The molecule has 112 valence electrons. The van der Waals surface area contributed by atoms with Gasteiger partial charge in [-0.25, -0.2) is 0 Å². The molecule has 0 aromatic heterocycles. The van der Waals surface area contributed by atoms with E-state index in [1.807, 2.05) is 12.1 Å². The molecule has 1 aliphatic carbocycles. The fourth-order valence-corrected chi connectivity index (χ4v) is 4.44. The molecule has 0 saturated carbocycles. The highest BCUT2D eigenvalue weighted by atomic mass is 79.9. The zero-order valence-electron chi connectivity index (χ0n) is 11.9. The molecule has 5 heteroatoms. The molecular formula is C16H18BrNO3. The van der Waals surface area contributed by atoms with Crippen LogP contribution in [0.2, 0.25) is 0 Å². The number of benzene rings is 1. The van der Waals surface area contributed by atoms with Crippen molar-refractivity contribution in [1.82, 2.24) is 5.32 Å². The van der Waals surface area contributed by atoms with E-state index in [9.17, 15) is 5.11 Å². The number of hydrogen-bond acceptors (Lipinski definition) is 4. The van der Waals surface area contributed by atoms with Gasteiger partial charge in [-0.1, -0.05) is 28.1 Å². The second-order valence-electron chi connectivity index (χ2n) is 5.98. The first kappa shape index (κ1) is 13.6. The largest absolute Gasteiger partial charge is 0.493 e. The monoisotopic (exact) mass is 351 g/mol. The van der Waals surface area contributed by atoms with Crippen molar-refractivity contribution in [1.29, 1.82) is 0 Å². The van der Waals surface area contributed by atoms with E-state index in [4.69, 9.17) is 9.47 Å². The maximum atomic E-state index is 9.96. The normalized spacial score (nSPS) is 32.9. The lowest BCUT2D eigenvalue weighted by molar-refractivity contribution is 0.0851. The molecule has 21 heavy (non-hydrogen) atoms. The van der Waals surface area contributed by atoms with Gasteiger partial charge in [0.15, 0.2) is 11.5 Å². The molecule has 4 rings (SSSR count). The molecule has 0 radical (unpaired) electrons. The summed E-state index contributed by atoms with van der Waals surface area (Å²) in [6.07, 6.45) is 5.22. The van der Waals surface area contributed by atoms with Gasteiger partial charge in [0.25, 0.3) is 0 Å². The zero-order chi connectivity index (χ0) is 14.6. The fraction of sp³-hybridized carbons (Fsp3) is 0.500. The highest BCUT2D eigenvalue weighted by Crippen LogP contribution is 2.56. The lowest BCUT2D eigenvalue weighted by atomic mass is 9.69. The van der Waals surface area contributed by atoms with Crippen LogP contribution in [0, 0.1) is 0 Å². The van der Waals surface area contributed by atoms with Crippen LogP contribution in [0.5, 0.6) is 11.5 Å². The predicted molar refractivity (Wildman–Crippen MR) is 82.9 cm³/mol. The van der Waals surface area contributed by atoms with Crippen molar-refractivity contribution in [3.63, 3.8) is 0 Å². The van der Waals surface area contributed by atoms with Gasteiger partial charge in [-0.15, -0.1) is 0 Å². The van der Waals surface area contributed by atoms with Crippen LogP contribution in [-0.2, 0) is 12.0 Å². The molecule has 2 heterocycles. The predicted octanol–water partition coefficient (Wildman–Crippen LogP) is 2.27. The Labute approximate surface area is 132 Å². The number of aliphatic hydroxyl groups excluding tert-OH is 1. The molecule has 0 amide bonds. The molecule has 0 bridgehead atoms. The summed E-state index contributed by atoms with van der Waals surface area (Å²) in [5, 5.41) is 13.5. The minimum absolute atomic E-state index is 0.0191. The summed E-state index contributed by atoms with van der Waals surface area (Å²) in [6.45, 7) is 1.75. The van der Waals surface area contributed by atoms with E-state index in [1.165, 1.54) is 11.1 Å².